The quantitative estimate of drug-likeness (QED) is 0.753. The number of hydrogen-bond acceptors (Lipinski definition) is 2. The highest BCUT2D eigenvalue weighted by atomic mass is 15.1. The number of hydrogen-bond donors (Lipinski definition) is 1. The van der Waals surface area contributed by atoms with Gasteiger partial charge >= 0.3 is 0 Å². The molecule has 15 heavy (non-hydrogen) atoms. The van der Waals surface area contributed by atoms with Crippen molar-refractivity contribution in [3.05, 3.63) is 17.7 Å². The van der Waals surface area contributed by atoms with E-state index < -0.39 is 0 Å². The van der Waals surface area contributed by atoms with Gasteiger partial charge in [0.05, 0.1) is 12.0 Å². The molecule has 0 amide bonds. The van der Waals surface area contributed by atoms with E-state index in [1.165, 1.54) is 50.2 Å². The van der Waals surface area contributed by atoms with Crippen LogP contribution in [0.4, 0.5) is 0 Å². The summed E-state index contributed by atoms with van der Waals surface area (Å²) in [5.41, 5.74) is 2.69. The summed E-state index contributed by atoms with van der Waals surface area (Å²) >= 11 is 0. The highest BCUT2D eigenvalue weighted by Crippen LogP contribution is 2.27. The molecule has 2 atom stereocenters. The van der Waals surface area contributed by atoms with Gasteiger partial charge in [0.1, 0.15) is 0 Å². The van der Waals surface area contributed by atoms with Crippen molar-refractivity contribution in [2.75, 3.05) is 6.54 Å². The second-order valence-corrected chi connectivity index (χ2v) is 4.93. The number of nitrogens with one attached hydrogen (secondary N) is 1. The van der Waals surface area contributed by atoms with Crippen LogP contribution < -0.4 is 5.32 Å². The monoisotopic (exact) mass is 205 g/mol. The van der Waals surface area contributed by atoms with Gasteiger partial charge in [-0.05, 0) is 45.1 Å². The maximum atomic E-state index is 4.40. The lowest BCUT2D eigenvalue weighted by Gasteiger charge is -2.29. The molecule has 2 aliphatic heterocycles. The number of aromatic nitrogens is 2. The molecular weight excluding hydrogens is 186 g/mol. The molecule has 1 aromatic heterocycles. The molecule has 1 N–H and O–H groups in total. The lowest BCUT2D eigenvalue weighted by atomic mass is 9.89. The van der Waals surface area contributed by atoms with Gasteiger partial charge < -0.3 is 9.88 Å². The number of rotatable bonds is 1. The first-order chi connectivity index (χ1) is 7.34. The Balaban J connectivity index is 1.77. The summed E-state index contributed by atoms with van der Waals surface area (Å²) in [6.07, 6.45) is 7.30. The molecule has 0 radical (unpaired) electrons. The van der Waals surface area contributed by atoms with Gasteiger partial charge in [-0.1, -0.05) is 0 Å². The lowest BCUT2D eigenvalue weighted by Crippen LogP contribution is -2.36. The van der Waals surface area contributed by atoms with E-state index in [4.69, 9.17) is 0 Å². The van der Waals surface area contributed by atoms with Crippen LogP contribution in [0.2, 0.25) is 0 Å². The normalized spacial score (nSPS) is 30.5. The van der Waals surface area contributed by atoms with Crippen LogP contribution in [-0.2, 0) is 13.0 Å². The highest BCUT2D eigenvalue weighted by Gasteiger charge is 2.28. The van der Waals surface area contributed by atoms with Crippen LogP contribution in [0, 0.1) is 12.8 Å². The predicted octanol–water partition coefficient (Wildman–Crippen LogP) is 1.51. The van der Waals surface area contributed by atoms with Crippen molar-refractivity contribution in [3.63, 3.8) is 0 Å². The first-order valence-corrected chi connectivity index (χ1v) is 6.08. The first kappa shape index (κ1) is 9.40. The van der Waals surface area contributed by atoms with Crippen LogP contribution >= 0.6 is 0 Å². The van der Waals surface area contributed by atoms with E-state index in [0.29, 0.717) is 0 Å². The Hall–Kier alpha value is -0.830. The van der Waals surface area contributed by atoms with Crippen molar-refractivity contribution >= 4 is 0 Å². The van der Waals surface area contributed by atoms with Gasteiger partial charge in [-0.15, -0.1) is 0 Å². The van der Waals surface area contributed by atoms with Crippen molar-refractivity contribution in [2.24, 2.45) is 5.92 Å². The number of imidazole rings is 1. The third-order valence-electron chi connectivity index (χ3n) is 4.01. The van der Waals surface area contributed by atoms with E-state index in [0.717, 1.165) is 12.0 Å². The van der Waals surface area contributed by atoms with Crippen molar-refractivity contribution < 1.29 is 0 Å². The molecule has 0 spiro atoms. The predicted molar refractivity (Wildman–Crippen MR) is 59.8 cm³/mol. The van der Waals surface area contributed by atoms with E-state index in [1.807, 2.05) is 6.33 Å². The number of nitrogens with zero attached hydrogens (tertiary/aromatic N) is 2. The zero-order chi connectivity index (χ0) is 10.3. The first-order valence-electron chi connectivity index (χ1n) is 6.08. The summed E-state index contributed by atoms with van der Waals surface area (Å²) in [5.74, 6) is 0.827. The summed E-state index contributed by atoms with van der Waals surface area (Å²) in [7, 11) is 0. The van der Waals surface area contributed by atoms with E-state index in [1.54, 1.807) is 0 Å². The summed E-state index contributed by atoms with van der Waals surface area (Å²) in [6, 6.07) is 0.765. The zero-order valence-electron chi connectivity index (χ0n) is 9.37. The second-order valence-electron chi connectivity index (χ2n) is 4.93. The summed E-state index contributed by atoms with van der Waals surface area (Å²) in [5, 5.41) is 3.63. The van der Waals surface area contributed by atoms with Crippen molar-refractivity contribution in [1.82, 2.24) is 14.9 Å². The van der Waals surface area contributed by atoms with Crippen LogP contribution in [0.15, 0.2) is 6.33 Å². The Labute approximate surface area is 90.9 Å². The van der Waals surface area contributed by atoms with Gasteiger partial charge in [-0.25, -0.2) is 4.98 Å². The molecule has 0 aromatic carbocycles. The van der Waals surface area contributed by atoms with Gasteiger partial charge in [0, 0.05) is 18.3 Å². The molecule has 3 nitrogen and oxygen atoms in total. The molecule has 2 aliphatic rings. The smallest absolute Gasteiger partial charge is 0.0951 e. The average molecular weight is 205 g/mol. The molecule has 3 heteroatoms. The van der Waals surface area contributed by atoms with Crippen molar-refractivity contribution in [3.8, 4) is 0 Å². The Morgan fingerprint density at radius 1 is 1.47 bits per heavy atom. The van der Waals surface area contributed by atoms with Crippen molar-refractivity contribution in [1.29, 1.82) is 0 Å². The number of aryl methyl sites for hydroxylation is 1. The van der Waals surface area contributed by atoms with Crippen molar-refractivity contribution in [2.45, 2.75) is 45.2 Å². The fourth-order valence-electron chi connectivity index (χ4n) is 3.10. The second kappa shape index (κ2) is 3.63. The van der Waals surface area contributed by atoms with Crippen LogP contribution in [0.25, 0.3) is 0 Å². The zero-order valence-corrected chi connectivity index (χ0v) is 9.37. The van der Waals surface area contributed by atoms with E-state index in [2.05, 4.69) is 21.8 Å². The Morgan fingerprint density at radius 3 is 3.20 bits per heavy atom. The summed E-state index contributed by atoms with van der Waals surface area (Å²) < 4.78 is 2.36. The average Bonchev–Trinajstić information content (AvgIpc) is 2.88. The fourth-order valence-corrected chi connectivity index (χ4v) is 3.10. The topological polar surface area (TPSA) is 29.9 Å². The Kier molecular flexibility index (Phi) is 2.28. The molecule has 3 rings (SSSR count). The summed E-state index contributed by atoms with van der Waals surface area (Å²) in [4.78, 5) is 4.40. The van der Waals surface area contributed by atoms with Crippen LogP contribution in [-0.4, -0.2) is 22.1 Å². The molecule has 82 valence electrons. The SMILES string of the molecule is Cc1ncn2c1CCC(C1CCCN1)C2. The molecule has 0 bridgehead atoms. The molecule has 1 aromatic rings. The molecular formula is C12H19N3. The Bertz CT molecular complexity index is 350. The Morgan fingerprint density at radius 2 is 2.40 bits per heavy atom. The molecule has 1 fully saturated rings. The van der Waals surface area contributed by atoms with E-state index in [9.17, 15) is 0 Å². The summed E-state index contributed by atoms with van der Waals surface area (Å²) in [6.45, 7) is 4.52. The van der Waals surface area contributed by atoms with E-state index in [-0.39, 0.29) is 0 Å². The van der Waals surface area contributed by atoms with E-state index >= 15 is 0 Å². The van der Waals surface area contributed by atoms with Gasteiger partial charge in [0.2, 0.25) is 0 Å². The minimum Gasteiger partial charge on any atom is -0.334 e. The fraction of sp³-hybridized carbons (Fsp3) is 0.750. The molecule has 0 aliphatic carbocycles. The van der Waals surface area contributed by atoms with Gasteiger partial charge in [-0.2, -0.15) is 0 Å². The maximum Gasteiger partial charge on any atom is 0.0951 e. The molecule has 3 heterocycles. The van der Waals surface area contributed by atoms with Gasteiger partial charge in [0.15, 0.2) is 0 Å². The molecule has 2 unspecified atom stereocenters. The molecule has 0 saturated carbocycles. The number of fused-ring (bicyclic) bond motifs is 1. The van der Waals surface area contributed by atoms with Gasteiger partial charge in [0.25, 0.3) is 0 Å². The van der Waals surface area contributed by atoms with Crippen LogP contribution in [0.3, 0.4) is 0 Å². The van der Waals surface area contributed by atoms with Crippen LogP contribution in [0.1, 0.15) is 30.7 Å². The van der Waals surface area contributed by atoms with Gasteiger partial charge in [-0.3, -0.25) is 0 Å². The standard InChI is InChI=1S/C12H19N3/c1-9-12-5-4-10(7-15(12)8-14-9)11-3-2-6-13-11/h8,10-11,13H,2-7H2,1H3. The minimum absolute atomic E-state index is 0.765. The molecule has 1 saturated heterocycles. The highest BCUT2D eigenvalue weighted by molar-refractivity contribution is 5.14. The third-order valence-corrected chi connectivity index (χ3v) is 4.01. The maximum absolute atomic E-state index is 4.40. The minimum atomic E-state index is 0.765. The third kappa shape index (κ3) is 1.59. The van der Waals surface area contributed by atoms with Crippen LogP contribution in [0.5, 0.6) is 0 Å². The largest absolute Gasteiger partial charge is 0.334 e. The lowest BCUT2D eigenvalue weighted by molar-refractivity contribution is 0.293.